The van der Waals surface area contributed by atoms with E-state index >= 15 is 0 Å². The van der Waals surface area contributed by atoms with Crippen molar-refractivity contribution < 1.29 is 12.8 Å². The summed E-state index contributed by atoms with van der Waals surface area (Å²) < 4.78 is 40.6. The lowest BCUT2D eigenvalue weighted by atomic mass is 10.1. The highest BCUT2D eigenvalue weighted by atomic mass is 35.5. The number of hydrogen-bond donors (Lipinski definition) is 1. The summed E-state index contributed by atoms with van der Waals surface area (Å²) in [5, 5.41) is 1.71. The van der Waals surface area contributed by atoms with Gasteiger partial charge in [-0.05, 0) is 30.3 Å². The van der Waals surface area contributed by atoms with Crippen LogP contribution in [0, 0.1) is 5.82 Å². The van der Waals surface area contributed by atoms with Gasteiger partial charge in [-0.2, -0.15) is 0 Å². The van der Waals surface area contributed by atoms with Crippen LogP contribution in [0.15, 0.2) is 59.5 Å². The lowest BCUT2D eigenvalue weighted by Gasteiger charge is -2.12. The second kappa shape index (κ2) is 6.00. The summed E-state index contributed by atoms with van der Waals surface area (Å²) in [7, 11) is -3.96. The number of benzene rings is 3. The number of nitrogens with one attached hydrogen (secondary N) is 1. The Balaban J connectivity index is 2.10. The molecular weight excluding hydrogens is 360 g/mol. The average Bonchev–Trinajstić information content (AvgIpc) is 2.50. The molecule has 0 atom stereocenters. The first-order valence-corrected chi connectivity index (χ1v) is 8.77. The molecule has 3 aromatic carbocycles. The highest BCUT2D eigenvalue weighted by Gasteiger charge is 2.19. The lowest BCUT2D eigenvalue weighted by Crippen LogP contribution is -2.13. The van der Waals surface area contributed by atoms with E-state index in [2.05, 4.69) is 4.72 Å². The first-order chi connectivity index (χ1) is 10.9. The SMILES string of the molecule is O=S(=O)(Nc1ccc(Cl)c2ccccc12)c1ccc(F)cc1Cl. The summed E-state index contributed by atoms with van der Waals surface area (Å²) in [6.45, 7) is 0. The van der Waals surface area contributed by atoms with E-state index < -0.39 is 15.8 Å². The molecule has 0 saturated heterocycles. The van der Waals surface area contributed by atoms with Gasteiger partial charge in [0.2, 0.25) is 0 Å². The quantitative estimate of drug-likeness (QED) is 0.698. The lowest BCUT2D eigenvalue weighted by molar-refractivity contribution is 0.600. The molecule has 0 aliphatic carbocycles. The Labute approximate surface area is 142 Å². The Kier molecular flexibility index (Phi) is 4.19. The second-order valence-corrected chi connectivity index (χ2v) is 7.29. The molecule has 23 heavy (non-hydrogen) atoms. The zero-order chi connectivity index (χ0) is 16.6. The summed E-state index contributed by atoms with van der Waals surface area (Å²) in [6, 6.07) is 13.4. The normalized spacial score (nSPS) is 11.6. The Morgan fingerprint density at radius 1 is 0.870 bits per heavy atom. The number of halogens is 3. The first-order valence-electron chi connectivity index (χ1n) is 6.53. The van der Waals surface area contributed by atoms with Gasteiger partial charge in [-0.15, -0.1) is 0 Å². The van der Waals surface area contributed by atoms with Crippen molar-refractivity contribution in [2.45, 2.75) is 4.90 Å². The molecule has 118 valence electrons. The van der Waals surface area contributed by atoms with E-state index in [1.54, 1.807) is 30.3 Å². The predicted molar refractivity (Wildman–Crippen MR) is 91.2 cm³/mol. The van der Waals surface area contributed by atoms with Crippen LogP contribution in [0.1, 0.15) is 0 Å². The van der Waals surface area contributed by atoms with E-state index in [0.717, 1.165) is 23.6 Å². The van der Waals surface area contributed by atoms with Crippen LogP contribution in [0.3, 0.4) is 0 Å². The molecule has 0 unspecified atom stereocenters. The summed E-state index contributed by atoms with van der Waals surface area (Å²) in [6.07, 6.45) is 0. The molecular formula is C16H10Cl2FNO2S. The summed E-state index contributed by atoms with van der Waals surface area (Å²) in [5.74, 6) is -0.606. The third-order valence-corrected chi connectivity index (χ3v) is 5.48. The van der Waals surface area contributed by atoms with Gasteiger partial charge in [-0.1, -0.05) is 47.5 Å². The van der Waals surface area contributed by atoms with E-state index in [-0.39, 0.29) is 9.92 Å². The minimum atomic E-state index is -3.96. The molecule has 1 N–H and O–H groups in total. The van der Waals surface area contributed by atoms with Gasteiger partial charge >= 0.3 is 0 Å². The van der Waals surface area contributed by atoms with Crippen LogP contribution in [-0.2, 0) is 10.0 Å². The molecule has 0 aliphatic rings. The molecule has 0 amide bonds. The van der Waals surface area contributed by atoms with E-state index in [1.807, 2.05) is 6.07 Å². The number of anilines is 1. The van der Waals surface area contributed by atoms with Crippen LogP contribution < -0.4 is 4.72 Å². The smallest absolute Gasteiger partial charge is 0.263 e. The highest BCUT2D eigenvalue weighted by Crippen LogP contribution is 2.32. The van der Waals surface area contributed by atoms with Gasteiger partial charge in [0.05, 0.1) is 10.7 Å². The van der Waals surface area contributed by atoms with Crippen molar-refractivity contribution in [1.82, 2.24) is 0 Å². The fraction of sp³-hybridized carbons (Fsp3) is 0. The van der Waals surface area contributed by atoms with Gasteiger partial charge in [0.25, 0.3) is 10.0 Å². The van der Waals surface area contributed by atoms with E-state index in [9.17, 15) is 12.8 Å². The Morgan fingerprint density at radius 3 is 2.26 bits per heavy atom. The van der Waals surface area contributed by atoms with E-state index in [4.69, 9.17) is 23.2 Å². The Morgan fingerprint density at radius 2 is 1.57 bits per heavy atom. The van der Waals surface area contributed by atoms with Gasteiger partial charge in [0.1, 0.15) is 10.7 Å². The topological polar surface area (TPSA) is 46.2 Å². The van der Waals surface area contributed by atoms with Crippen LogP contribution in [0.5, 0.6) is 0 Å². The van der Waals surface area contributed by atoms with Crippen LogP contribution in [0.25, 0.3) is 10.8 Å². The molecule has 7 heteroatoms. The highest BCUT2D eigenvalue weighted by molar-refractivity contribution is 7.92. The summed E-state index contributed by atoms with van der Waals surface area (Å²) >= 11 is 12.0. The van der Waals surface area contributed by atoms with Crippen molar-refractivity contribution in [2.75, 3.05) is 4.72 Å². The molecule has 0 spiro atoms. The van der Waals surface area contributed by atoms with Crippen molar-refractivity contribution in [3.63, 3.8) is 0 Å². The van der Waals surface area contributed by atoms with E-state index in [0.29, 0.717) is 16.1 Å². The second-order valence-electron chi connectivity index (χ2n) is 4.82. The number of fused-ring (bicyclic) bond motifs is 1. The number of rotatable bonds is 3. The van der Waals surface area contributed by atoms with Gasteiger partial charge in [-0.3, -0.25) is 4.72 Å². The number of hydrogen-bond acceptors (Lipinski definition) is 2. The van der Waals surface area contributed by atoms with Crippen LogP contribution >= 0.6 is 23.2 Å². The van der Waals surface area contributed by atoms with Crippen molar-refractivity contribution in [3.05, 3.63) is 70.5 Å². The molecule has 0 radical (unpaired) electrons. The molecule has 0 aromatic heterocycles. The number of sulfonamides is 1. The maximum Gasteiger partial charge on any atom is 0.263 e. The first kappa shape index (κ1) is 16.1. The molecule has 0 bridgehead atoms. The molecule has 3 aromatic rings. The molecule has 3 rings (SSSR count). The fourth-order valence-electron chi connectivity index (χ4n) is 2.24. The third kappa shape index (κ3) is 3.13. The van der Waals surface area contributed by atoms with Crippen molar-refractivity contribution in [3.8, 4) is 0 Å². The minimum absolute atomic E-state index is 0.184. The zero-order valence-corrected chi connectivity index (χ0v) is 13.9. The van der Waals surface area contributed by atoms with Crippen molar-refractivity contribution in [1.29, 1.82) is 0 Å². The average molecular weight is 370 g/mol. The van der Waals surface area contributed by atoms with Crippen LogP contribution in [0.2, 0.25) is 10.0 Å². The Hall–Kier alpha value is -1.82. The van der Waals surface area contributed by atoms with Gasteiger partial charge in [0, 0.05) is 15.8 Å². The largest absolute Gasteiger partial charge is 0.279 e. The minimum Gasteiger partial charge on any atom is -0.279 e. The van der Waals surface area contributed by atoms with Crippen LogP contribution in [-0.4, -0.2) is 8.42 Å². The maximum atomic E-state index is 13.1. The van der Waals surface area contributed by atoms with Gasteiger partial charge in [-0.25, -0.2) is 12.8 Å². The summed E-state index contributed by atoms with van der Waals surface area (Å²) in [4.78, 5) is -0.195. The maximum absolute atomic E-state index is 13.1. The molecule has 3 nitrogen and oxygen atoms in total. The third-order valence-electron chi connectivity index (χ3n) is 3.30. The fourth-order valence-corrected chi connectivity index (χ4v) is 4.08. The summed E-state index contributed by atoms with van der Waals surface area (Å²) in [5.41, 5.74) is 0.366. The van der Waals surface area contributed by atoms with Gasteiger partial charge < -0.3 is 0 Å². The van der Waals surface area contributed by atoms with Crippen LogP contribution in [0.4, 0.5) is 10.1 Å². The molecule has 0 aliphatic heterocycles. The predicted octanol–water partition coefficient (Wildman–Crippen LogP) is 5.09. The Bertz CT molecular complexity index is 1010. The monoisotopic (exact) mass is 369 g/mol. The molecule has 0 fully saturated rings. The van der Waals surface area contributed by atoms with Crippen molar-refractivity contribution >= 4 is 49.7 Å². The van der Waals surface area contributed by atoms with E-state index in [1.165, 1.54) is 0 Å². The van der Waals surface area contributed by atoms with Gasteiger partial charge in [0.15, 0.2) is 0 Å². The molecule has 0 heterocycles. The molecule has 0 saturated carbocycles. The zero-order valence-electron chi connectivity index (χ0n) is 11.6. The van der Waals surface area contributed by atoms with Crippen molar-refractivity contribution in [2.24, 2.45) is 0 Å². The standard InChI is InChI=1S/C16H10Cl2FNO2S/c17-13-6-7-15(12-4-2-1-3-11(12)13)20-23(21,22)16-8-5-10(19)9-14(16)18/h1-9,20H.